The Morgan fingerprint density at radius 1 is 1.10 bits per heavy atom. The van der Waals surface area contributed by atoms with Gasteiger partial charge in [-0.15, -0.1) is 0 Å². The molecule has 0 spiro atoms. The summed E-state index contributed by atoms with van der Waals surface area (Å²) in [5.41, 5.74) is 4.08. The number of rotatable bonds is 4. The van der Waals surface area contributed by atoms with Crippen LogP contribution in [0.25, 0.3) is 0 Å². The molecule has 110 valence electrons. The maximum atomic E-state index is 6.17. The van der Waals surface area contributed by atoms with Crippen LogP contribution in [0.4, 0.5) is 0 Å². The summed E-state index contributed by atoms with van der Waals surface area (Å²) in [7, 11) is 1.96. The normalized spacial score (nSPS) is 14.8. The van der Waals surface area contributed by atoms with Crippen molar-refractivity contribution in [3.63, 3.8) is 0 Å². The number of hydrogen-bond donors (Lipinski definition) is 1. The molecule has 2 nitrogen and oxygen atoms in total. The number of nitrogens with one attached hydrogen (secondary N) is 1. The fraction of sp³-hybridized carbons (Fsp3) is 0.333. The lowest BCUT2D eigenvalue weighted by atomic mass is 10.1. The molecule has 0 saturated carbocycles. The second-order valence-electron chi connectivity index (χ2n) is 5.58. The zero-order valence-electron chi connectivity index (χ0n) is 12.4. The first-order valence-electron chi connectivity index (χ1n) is 7.44. The highest BCUT2D eigenvalue weighted by Crippen LogP contribution is 2.34. The van der Waals surface area contributed by atoms with Gasteiger partial charge in [0, 0.05) is 16.1 Å². The molecule has 0 radical (unpaired) electrons. The van der Waals surface area contributed by atoms with Gasteiger partial charge in [-0.3, -0.25) is 0 Å². The molecule has 0 aliphatic heterocycles. The van der Waals surface area contributed by atoms with Crippen LogP contribution in [0.3, 0.4) is 0 Å². The molecule has 21 heavy (non-hydrogen) atoms. The molecule has 0 bridgehead atoms. The Balaban J connectivity index is 1.92. The Hall–Kier alpha value is -1.32. The van der Waals surface area contributed by atoms with Crippen LogP contribution in [0.1, 0.15) is 36.1 Å². The molecule has 0 saturated heterocycles. The van der Waals surface area contributed by atoms with E-state index in [2.05, 4.69) is 58.5 Å². The van der Waals surface area contributed by atoms with Gasteiger partial charge >= 0.3 is 0 Å². The summed E-state index contributed by atoms with van der Waals surface area (Å²) in [5.74, 6) is 1.84. The summed E-state index contributed by atoms with van der Waals surface area (Å²) in [6.07, 6.45) is 3.64. The molecule has 1 aliphatic rings. The van der Waals surface area contributed by atoms with E-state index >= 15 is 0 Å². The molecule has 0 heterocycles. The Bertz CT molecular complexity index is 654. The van der Waals surface area contributed by atoms with E-state index in [4.69, 9.17) is 4.74 Å². The molecule has 0 aromatic heterocycles. The molecule has 3 rings (SSSR count). The van der Waals surface area contributed by atoms with Crippen molar-refractivity contribution in [1.29, 1.82) is 0 Å². The summed E-state index contributed by atoms with van der Waals surface area (Å²) >= 11 is 3.53. The minimum Gasteiger partial charge on any atom is -0.457 e. The van der Waals surface area contributed by atoms with Crippen LogP contribution < -0.4 is 10.1 Å². The predicted octanol–water partition coefficient (Wildman–Crippen LogP) is 5.01. The summed E-state index contributed by atoms with van der Waals surface area (Å²) < 4.78 is 7.20. The van der Waals surface area contributed by atoms with Crippen molar-refractivity contribution < 1.29 is 4.74 Å². The Labute approximate surface area is 134 Å². The predicted molar refractivity (Wildman–Crippen MR) is 90.2 cm³/mol. The number of fused-ring (bicyclic) bond motifs is 1. The summed E-state index contributed by atoms with van der Waals surface area (Å²) in [6.45, 7) is 2.14. The second-order valence-corrected chi connectivity index (χ2v) is 6.49. The van der Waals surface area contributed by atoms with Gasteiger partial charge in [0.25, 0.3) is 0 Å². The van der Waals surface area contributed by atoms with Gasteiger partial charge in [0.05, 0.1) is 0 Å². The smallest absolute Gasteiger partial charge is 0.133 e. The van der Waals surface area contributed by atoms with E-state index in [0.717, 1.165) is 16.0 Å². The number of ether oxygens (including phenoxy) is 1. The van der Waals surface area contributed by atoms with Crippen molar-refractivity contribution in [2.45, 2.75) is 32.2 Å². The highest BCUT2D eigenvalue weighted by Gasteiger charge is 2.14. The van der Waals surface area contributed by atoms with Crippen LogP contribution in [-0.4, -0.2) is 7.05 Å². The second kappa shape index (κ2) is 6.20. The molecule has 0 fully saturated rings. The van der Waals surface area contributed by atoms with Crippen LogP contribution in [0.15, 0.2) is 40.9 Å². The van der Waals surface area contributed by atoms with Crippen molar-refractivity contribution in [2.75, 3.05) is 7.05 Å². The molecule has 1 N–H and O–H groups in total. The van der Waals surface area contributed by atoms with Gasteiger partial charge in [-0.1, -0.05) is 28.1 Å². The van der Waals surface area contributed by atoms with E-state index in [-0.39, 0.29) is 6.04 Å². The third-order valence-electron chi connectivity index (χ3n) is 4.17. The molecule has 1 atom stereocenters. The quantitative estimate of drug-likeness (QED) is 0.840. The van der Waals surface area contributed by atoms with Crippen LogP contribution in [0, 0.1) is 0 Å². The average Bonchev–Trinajstić information content (AvgIpc) is 2.94. The van der Waals surface area contributed by atoms with E-state index in [1.807, 2.05) is 13.1 Å². The van der Waals surface area contributed by atoms with Crippen molar-refractivity contribution in [3.8, 4) is 11.5 Å². The molecule has 2 aromatic rings. The average molecular weight is 346 g/mol. The fourth-order valence-electron chi connectivity index (χ4n) is 2.85. The fourth-order valence-corrected chi connectivity index (χ4v) is 3.19. The number of hydrogen-bond acceptors (Lipinski definition) is 2. The van der Waals surface area contributed by atoms with Crippen LogP contribution in [0.2, 0.25) is 0 Å². The molecular weight excluding hydrogens is 326 g/mol. The Morgan fingerprint density at radius 3 is 2.71 bits per heavy atom. The van der Waals surface area contributed by atoms with E-state index in [9.17, 15) is 0 Å². The standard InChI is InChI=1S/C18H20BrNO/c1-12(20-2)17-9-7-15(19)11-18(17)21-16-8-6-13-4-3-5-14(13)10-16/h6-12,20H,3-5H2,1-2H3. The molecule has 3 heteroatoms. The van der Waals surface area contributed by atoms with Gasteiger partial charge in [-0.25, -0.2) is 0 Å². The van der Waals surface area contributed by atoms with Crippen molar-refractivity contribution in [2.24, 2.45) is 0 Å². The largest absolute Gasteiger partial charge is 0.457 e. The zero-order chi connectivity index (χ0) is 14.8. The number of aryl methyl sites for hydroxylation is 2. The minimum atomic E-state index is 0.252. The highest BCUT2D eigenvalue weighted by molar-refractivity contribution is 9.10. The number of halogens is 1. The minimum absolute atomic E-state index is 0.252. The topological polar surface area (TPSA) is 21.3 Å². The lowest BCUT2D eigenvalue weighted by Crippen LogP contribution is -2.13. The van der Waals surface area contributed by atoms with Gasteiger partial charge in [-0.05, 0) is 68.6 Å². The maximum absolute atomic E-state index is 6.17. The monoisotopic (exact) mass is 345 g/mol. The first-order valence-corrected chi connectivity index (χ1v) is 8.23. The van der Waals surface area contributed by atoms with Crippen LogP contribution in [0.5, 0.6) is 11.5 Å². The Kier molecular flexibility index (Phi) is 4.32. The molecule has 1 unspecified atom stereocenters. The van der Waals surface area contributed by atoms with Crippen molar-refractivity contribution in [3.05, 3.63) is 57.6 Å². The summed E-state index contributed by atoms with van der Waals surface area (Å²) in [4.78, 5) is 0. The van der Waals surface area contributed by atoms with E-state index in [1.165, 1.54) is 36.0 Å². The zero-order valence-corrected chi connectivity index (χ0v) is 14.0. The van der Waals surface area contributed by atoms with Crippen LogP contribution in [-0.2, 0) is 12.8 Å². The van der Waals surface area contributed by atoms with Gasteiger partial charge in [0.1, 0.15) is 11.5 Å². The lowest BCUT2D eigenvalue weighted by Gasteiger charge is -2.17. The third kappa shape index (κ3) is 3.14. The first kappa shape index (κ1) is 14.6. The SMILES string of the molecule is CNC(C)c1ccc(Br)cc1Oc1ccc2c(c1)CCC2. The molecular formula is C18H20BrNO. The molecule has 2 aromatic carbocycles. The van der Waals surface area contributed by atoms with Gasteiger partial charge < -0.3 is 10.1 Å². The van der Waals surface area contributed by atoms with Gasteiger partial charge in [-0.2, -0.15) is 0 Å². The summed E-state index contributed by atoms with van der Waals surface area (Å²) in [6, 6.07) is 12.9. The first-order chi connectivity index (χ1) is 10.2. The molecule has 1 aliphatic carbocycles. The van der Waals surface area contributed by atoms with Gasteiger partial charge in [0.2, 0.25) is 0 Å². The van der Waals surface area contributed by atoms with E-state index < -0.39 is 0 Å². The molecule has 0 amide bonds. The van der Waals surface area contributed by atoms with Gasteiger partial charge in [0.15, 0.2) is 0 Å². The van der Waals surface area contributed by atoms with Crippen molar-refractivity contribution in [1.82, 2.24) is 5.32 Å². The Morgan fingerprint density at radius 2 is 1.90 bits per heavy atom. The van der Waals surface area contributed by atoms with Crippen LogP contribution >= 0.6 is 15.9 Å². The third-order valence-corrected chi connectivity index (χ3v) is 4.67. The van der Waals surface area contributed by atoms with E-state index in [0.29, 0.717) is 0 Å². The van der Waals surface area contributed by atoms with Crippen molar-refractivity contribution >= 4 is 15.9 Å². The summed E-state index contributed by atoms with van der Waals surface area (Å²) in [5, 5.41) is 3.27. The maximum Gasteiger partial charge on any atom is 0.133 e. The number of benzene rings is 2. The highest BCUT2D eigenvalue weighted by atomic mass is 79.9. The lowest BCUT2D eigenvalue weighted by molar-refractivity contribution is 0.465. The van der Waals surface area contributed by atoms with E-state index in [1.54, 1.807) is 0 Å².